The maximum absolute atomic E-state index is 12.1. The summed E-state index contributed by atoms with van der Waals surface area (Å²) in [6, 6.07) is 9.40. The van der Waals surface area contributed by atoms with E-state index in [1.807, 2.05) is 37.3 Å². The SMILES string of the molecule is COCCNc1nnc(S[C@H](C)C(=O)Nc2ccccc2)s1. The van der Waals surface area contributed by atoms with Gasteiger partial charge in [-0.3, -0.25) is 4.79 Å². The van der Waals surface area contributed by atoms with E-state index in [1.165, 1.54) is 23.1 Å². The summed E-state index contributed by atoms with van der Waals surface area (Å²) in [5.74, 6) is -0.0553. The van der Waals surface area contributed by atoms with E-state index in [0.29, 0.717) is 13.2 Å². The van der Waals surface area contributed by atoms with Crippen LogP contribution in [0.4, 0.5) is 10.8 Å². The molecule has 0 fully saturated rings. The van der Waals surface area contributed by atoms with E-state index in [4.69, 9.17) is 4.74 Å². The third-order valence-corrected chi connectivity index (χ3v) is 4.74. The van der Waals surface area contributed by atoms with Crippen molar-refractivity contribution < 1.29 is 9.53 Å². The van der Waals surface area contributed by atoms with Gasteiger partial charge in [-0.15, -0.1) is 10.2 Å². The van der Waals surface area contributed by atoms with Gasteiger partial charge in [0, 0.05) is 19.3 Å². The lowest BCUT2D eigenvalue weighted by Gasteiger charge is -2.09. The lowest BCUT2D eigenvalue weighted by atomic mass is 10.3. The third-order valence-electron chi connectivity index (χ3n) is 2.68. The van der Waals surface area contributed by atoms with Crippen molar-refractivity contribution in [3.05, 3.63) is 30.3 Å². The van der Waals surface area contributed by atoms with Gasteiger partial charge in [-0.1, -0.05) is 41.3 Å². The van der Waals surface area contributed by atoms with Crippen LogP contribution in [0, 0.1) is 0 Å². The van der Waals surface area contributed by atoms with Gasteiger partial charge >= 0.3 is 0 Å². The van der Waals surface area contributed by atoms with Crippen molar-refractivity contribution in [2.45, 2.75) is 16.5 Å². The van der Waals surface area contributed by atoms with Crippen LogP contribution in [-0.2, 0) is 9.53 Å². The van der Waals surface area contributed by atoms with E-state index in [1.54, 1.807) is 7.11 Å². The topological polar surface area (TPSA) is 76.1 Å². The molecule has 8 heteroatoms. The molecule has 1 atom stereocenters. The summed E-state index contributed by atoms with van der Waals surface area (Å²) in [4.78, 5) is 12.1. The Morgan fingerprint density at radius 1 is 1.36 bits per heavy atom. The first-order valence-electron chi connectivity index (χ1n) is 6.78. The predicted octanol–water partition coefficient (Wildman–Crippen LogP) is 2.72. The van der Waals surface area contributed by atoms with Gasteiger partial charge in [0.2, 0.25) is 11.0 Å². The van der Waals surface area contributed by atoms with Crippen molar-refractivity contribution in [2.75, 3.05) is 30.9 Å². The van der Waals surface area contributed by atoms with Crippen LogP contribution in [0.25, 0.3) is 0 Å². The molecule has 2 rings (SSSR count). The number of carbonyl (C=O) groups excluding carboxylic acids is 1. The van der Waals surface area contributed by atoms with Gasteiger partial charge in [-0.25, -0.2) is 0 Å². The largest absolute Gasteiger partial charge is 0.383 e. The molecule has 118 valence electrons. The van der Waals surface area contributed by atoms with Crippen LogP contribution in [0.1, 0.15) is 6.92 Å². The van der Waals surface area contributed by atoms with E-state index in [-0.39, 0.29) is 11.2 Å². The zero-order valence-corrected chi connectivity index (χ0v) is 14.0. The molecular formula is C14H18N4O2S2. The number of aromatic nitrogens is 2. The molecule has 0 saturated carbocycles. The molecule has 1 aromatic carbocycles. The molecule has 1 amide bonds. The van der Waals surface area contributed by atoms with Crippen LogP contribution >= 0.6 is 23.1 Å². The summed E-state index contributed by atoms with van der Waals surface area (Å²) < 4.78 is 5.72. The van der Waals surface area contributed by atoms with Crippen molar-refractivity contribution in [2.24, 2.45) is 0 Å². The molecule has 0 saturated heterocycles. The molecule has 0 bridgehead atoms. The molecule has 0 aliphatic carbocycles. The summed E-state index contributed by atoms with van der Waals surface area (Å²) in [5, 5.41) is 14.6. The molecule has 2 N–H and O–H groups in total. The van der Waals surface area contributed by atoms with Crippen LogP contribution in [0.3, 0.4) is 0 Å². The van der Waals surface area contributed by atoms with Crippen molar-refractivity contribution in [3.63, 3.8) is 0 Å². The minimum absolute atomic E-state index is 0.0553. The Hall–Kier alpha value is -1.64. The highest BCUT2D eigenvalue weighted by atomic mass is 32.2. The number of methoxy groups -OCH3 is 1. The zero-order chi connectivity index (χ0) is 15.8. The Kier molecular flexibility index (Phi) is 6.63. The van der Waals surface area contributed by atoms with Crippen LogP contribution in [-0.4, -0.2) is 41.6 Å². The quantitative estimate of drug-likeness (QED) is 0.569. The maximum Gasteiger partial charge on any atom is 0.237 e. The Bertz CT molecular complexity index is 592. The number of para-hydroxylation sites is 1. The molecule has 1 heterocycles. The monoisotopic (exact) mass is 338 g/mol. The predicted molar refractivity (Wildman–Crippen MR) is 90.7 cm³/mol. The number of carbonyl (C=O) groups is 1. The van der Waals surface area contributed by atoms with Gasteiger partial charge in [0.05, 0.1) is 11.9 Å². The van der Waals surface area contributed by atoms with E-state index < -0.39 is 0 Å². The Morgan fingerprint density at radius 3 is 2.86 bits per heavy atom. The summed E-state index contributed by atoms with van der Waals surface area (Å²) in [7, 11) is 1.65. The van der Waals surface area contributed by atoms with Gasteiger partial charge in [-0.05, 0) is 19.1 Å². The summed E-state index contributed by atoms with van der Waals surface area (Å²) >= 11 is 2.82. The Balaban J connectivity index is 1.83. The lowest BCUT2D eigenvalue weighted by molar-refractivity contribution is -0.115. The van der Waals surface area contributed by atoms with Gasteiger partial charge in [0.1, 0.15) is 0 Å². The van der Waals surface area contributed by atoms with E-state index in [2.05, 4.69) is 20.8 Å². The number of hydrogen-bond acceptors (Lipinski definition) is 7. The lowest BCUT2D eigenvalue weighted by Crippen LogP contribution is -2.22. The van der Waals surface area contributed by atoms with Crippen molar-refractivity contribution in [3.8, 4) is 0 Å². The highest BCUT2D eigenvalue weighted by molar-refractivity contribution is 8.02. The first-order valence-corrected chi connectivity index (χ1v) is 8.47. The highest BCUT2D eigenvalue weighted by Crippen LogP contribution is 2.29. The molecule has 22 heavy (non-hydrogen) atoms. The second-order valence-electron chi connectivity index (χ2n) is 4.41. The molecule has 6 nitrogen and oxygen atoms in total. The minimum atomic E-state index is -0.250. The number of amides is 1. The van der Waals surface area contributed by atoms with Crippen LogP contribution in [0.5, 0.6) is 0 Å². The fraction of sp³-hybridized carbons (Fsp3) is 0.357. The summed E-state index contributed by atoms with van der Waals surface area (Å²) in [6.45, 7) is 3.14. The van der Waals surface area contributed by atoms with E-state index >= 15 is 0 Å². The number of ether oxygens (including phenoxy) is 1. The average Bonchev–Trinajstić information content (AvgIpc) is 2.96. The number of rotatable bonds is 8. The number of benzene rings is 1. The second kappa shape index (κ2) is 8.72. The highest BCUT2D eigenvalue weighted by Gasteiger charge is 2.17. The number of nitrogens with one attached hydrogen (secondary N) is 2. The van der Waals surface area contributed by atoms with Gasteiger partial charge in [-0.2, -0.15) is 0 Å². The fourth-order valence-electron chi connectivity index (χ4n) is 1.56. The normalized spacial score (nSPS) is 11.9. The molecule has 0 spiro atoms. The molecular weight excluding hydrogens is 320 g/mol. The maximum atomic E-state index is 12.1. The molecule has 0 unspecified atom stereocenters. The molecule has 2 aromatic rings. The van der Waals surface area contributed by atoms with Crippen molar-refractivity contribution in [1.29, 1.82) is 0 Å². The van der Waals surface area contributed by atoms with Crippen molar-refractivity contribution in [1.82, 2.24) is 10.2 Å². The number of thioether (sulfide) groups is 1. The summed E-state index contributed by atoms with van der Waals surface area (Å²) in [5.41, 5.74) is 0.791. The average molecular weight is 338 g/mol. The van der Waals surface area contributed by atoms with E-state index in [0.717, 1.165) is 15.2 Å². The molecule has 0 radical (unpaired) electrons. The second-order valence-corrected chi connectivity index (χ2v) is 6.97. The van der Waals surface area contributed by atoms with E-state index in [9.17, 15) is 4.79 Å². The first-order chi connectivity index (χ1) is 10.7. The molecule has 0 aliphatic rings. The Morgan fingerprint density at radius 2 is 2.14 bits per heavy atom. The minimum Gasteiger partial charge on any atom is -0.383 e. The third kappa shape index (κ3) is 5.28. The first kappa shape index (κ1) is 16.7. The smallest absolute Gasteiger partial charge is 0.237 e. The van der Waals surface area contributed by atoms with Crippen LogP contribution < -0.4 is 10.6 Å². The number of nitrogens with zero attached hydrogens (tertiary/aromatic N) is 2. The Labute approximate surface area is 137 Å². The number of hydrogen-bond donors (Lipinski definition) is 2. The molecule has 0 aliphatic heterocycles. The van der Waals surface area contributed by atoms with Gasteiger partial charge < -0.3 is 15.4 Å². The zero-order valence-electron chi connectivity index (χ0n) is 12.4. The summed E-state index contributed by atoms with van der Waals surface area (Å²) in [6.07, 6.45) is 0. The van der Waals surface area contributed by atoms with Crippen LogP contribution in [0.15, 0.2) is 34.7 Å². The standard InChI is InChI=1S/C14H18N4O2S2/c1-10(12(19)16-11-6-4-3-5-7-11)21-14-18-17-13(22-14)15-8-9-20-2/h3-7,10H,8-9H2,1-2H3,(H,15,17)(H,16,19)/t10-/m1/s1. The van der Waals surface area contributed by atoms with Crippen LogP contribution in [0.2, 0.25) is 0 Å². The number of anilines is 2. The molecule has 1 aromatic heterocycles. The van der Waals surface area contributed by atoms with Crippen molar-refractivity contribution >= 4 is 39.8 Å². The van der Waals surface area contributed by atoms with Gasteiger partial charge in [0.25, 0.3) is 0 Å². The fourth-order valence-corrected chi connectivity index (χ4v) is 3.48. The van der Waals surface area contributed by atoms with Gasteiger partial charge in [0.15, 0.2) is 4.34 Å².